The van der Waals surface area contributed by atoms with Crippen LogP contribution in [0.2, 0.25) is 0 Å². The van der Waals surface area contributed by atoms with Crippen molar-refractivity contribution in [1.29, 1.82) is 0 Å². The lowest BCUT2D eigenvalue weighted by molar-refractivity contribution is 0.476. The minimum Gasteiger partial charge on any atom is -0.507 e. The van der Waals surface area contributed by atoms with E-state index in [1.807, 2.05) is 25.1 Å². The zero-order chi connectivity index (χ0) is 14.3. The molecule has 0 atom stereocenters. The Morgan fingerprint density at radius 2 is 1.50 bits per heavy atom. The number of hydrogen-bond donors (Lipinski definition) is 1. The summed E-state index contributed by atoms with van der Waals surface area (Å²) in [5.41, 5.74) is 5.47. The van der Waals surface area contributed by atoms with Crippen LogP contribution in [0.25, 0.3) is 21.9 Å². The molecule has 3 aromatic rings. The average Bonchev–Trinajstić information content (AvgIpc) is 2.40. The third-order valence-corrected chi connectivity index (χ3v) is 3.85. The number of phenolic OH excluding ortho intramolecular Hbond substituents is 1. The van der Waals surface area contributed by atoms with Gasteiger partial charge >= 0.3 is 0 Å². The van der Waals surface area contributed by atoms with Crippen LogP contribution in [0.1, 0.15) is 16.7 Å². The molecule has 100 valence electrons. The molecule has 0 aliphatic carbocycles. The lowest BCUT2D eigenvalue weighted by Gasteiger charge is -2.15. The molecule has 0 unspecified atom stereocenters. The van der Waals surface area contributed by atoms with Gasteiger partial charge in [0, 0.05) is 5.56 Å². The molecular weight excluding hydrogens is 244 g/mol. The van der Waals surface area contributed by atoms with E-state index in [0.29, 0.717) is 5.75 Å². The lowest BCUT2D eigenvalue weighted by atomic mass is 9.90. The van der Waals surface area contributed by atoms with Gasteiger partial charge in [-0.15, -0.1) is 0 Å². The molecule has 0 fully saturated rings. The van der Waals surface area contributed by atoms with Crippen molar-refractivity contribution in [2.75, 3.05) is 0 Å². The van der Waals surface area contributed by atoms with E-state index in [1.54, 1.807) is 0 Å². The molecule has 0 radical (unpaired) electrons. The summed E-state index contributed by atoms with van der Waals surface area (Å²) in [4.78, 5) is 0. The van der Waals surface area contributed by atoms with Gasteiger partial charge in [-0.2, -0.15) is 0 Å². The van der Waals surface area contributed by atoms with E-state index in [9.17, 15) is 5.11 Å². The number of aryl methyl sites for hydroxylation is 3. The predicted octanol–water partition coefficient (Wildman–Crippen LogP) is 5.14. The van der Waals surface area contributed by atoms with Crippen molar-refractivity contribution in [2.24, 2.45) is 0 Å². The number of hydrogen-bond acceptors (Lipinski definition) is 1. The molecule has 0 saturated heterocycles. The Bertz CT molecular complexity index is 777. The maximum absolute atomic E-state index is 10.4. The maximum atomic E-state index is 10.4. The molecule has 3 rings (SSSR count). The second-order valence-electron chi connectivity index (χ2n) is 5.45. The molecular formula is C19H18O. The van der Waals surface area contributed by atoms with E-state index >= 15 is 0 Å². The highest BCUT2D eigenvalue weighted by atomic mass is 16.3. The Morgan fingerprint density at radius 3 is 2.25 bits per heavy atom. The highest BCUT2D eigenvalue weighted by Crippen LogP contribution is 2.39. The first kappa shape index (κ1) is 12.7. The number of rotatable bonds is 1. The molecule has 0 aliphatic rings. The number of benzene rings is 3. The predicted molar refractivity (Wildman–Crippen MR) is 85.3 cm³/mol. The van der Waals surface area contributed by atoms with Crippen LogP contribution >= 0.6 is 0 Å². The van der Waals surface area contributed by atoms with Gasteiger partial charge in [0.05, 0.1) is 0 Å². The van der Waals surface area contributed by atoms with Gasteiger partial charge in [-0.25, -0.2) is 0 Å². The minimum absolute atomic E-state index is 0.363. The van der Waals surface area contributed by atoms with E-state index in [2.05, 4.69) is 44.2 Å². The van der Waals surface area contributed by atoms with E-state index in [4.69, 9.17) is 0 Å². The Kier molecular flexibility index (Phi) is 2.98. The van der Waals surface area contributed by atoms with Gasteiger partial charge in [-0.05, 0) is 59.9 Å². The molecule has 0 heterocycles. The summed E-state index contributed by atoms with van der Waals surface area (Å²) < 4.78 is 0. The molecule has 0 spiro atoms. The molecule has 0 aliphatic heterocycles. The van der Waals surface area contributed by atoms with Crippen LogP contribution in [0.4, 0.5) is 0 Å². The van der Waals surface area contributed by atoms with Crippen LogP contribution in [-0.4, -0.2) is 5.11 Å². The Morgan fingerprint density at radius 1 is 0.750 bits per heavy atom. The Balaban J connectivity index is 2.44. The highest BCUT2D eigenvalue weighted by Gasteiger charge is 2.14. The summed E-state index contributed by atoms with van der Waals surface area (Å²) >= 11 is 0. The summed E-state index contributed by atoms with van der Waals surface area (Å²) in [6, 6.07) is 16.5. The van der Waals surface area contributed by atoms with Crippen molar-refractivity contribution < 1.29 is 5.11 Å². The van der Waals surface area contributed by atoms with Crippen LogP contribution in [-0.2, 0) is 0 Å². The van der Waals surface area contributed by atoms with Gasteiger partial charge < -0.3 is 5.11 Å². The summed E-state index contributed by atoms with van der Waals surface area (Å²) in [7, 11) is 0. The van der Waals surface area contributed by atoms with Crippen molar-refractivity contribution in [1.82, 2.24) is 0 Å². The number of aromatic hydroxyl groups is 1. The SMILES string of the molecule is Cc1cc(C)c(-c2c(C)ccc3ccccc23)c(O)c1. The van der Waals surface area contributed by atoms with E-state index in [0.717, 1.165) is 22.3 Å². The van der Waals surface area contributed by atoms with Crippen molar-refractivity contribution in [3.8, 4) is 16.9 Å². The number of phenols is 1. The quantitative estimate of drug-likeness (QED) is 0.644. The van der Waals surface area contributed by atoms with Gasteiger partial charge in [0.25, 0.3) is 0 Å². The molecule has 0 amide bonds. The van der Waals surface area contributed by atoms with Crippen LogP contribution in [0.5, 0.6) is 5.75 Å². The third kappa shape index (κ3) is 1.96. The van der Waals surface area contributed by atoms with Gasteiger partial charge in [0.1, 0.15) is 5.75 Å². The second kappa shape index (κ2) is 4.68. The van der Waals surface area contributed by atoms with Crippen LogP contribution in [0, 0.1) is 20.8 Å². The lowest BCUT2D eigenvalue weighted by Crippen LogP contribution is -1.91. The molecule has 20 heavy (non-hydrogen) atoms. The van der Waals surface area contributed by atoms with Gasteiger partial charge in [0.15, 0.2) is 0 Å². The van der Waals surface area contributed by atoms with Gasteiger partial charge in [-0.1, -0.05) is 42.5 Å². The van der Waals surface area contributed by atoms with E-state index in [-0.39, 0.29) is 0 Å². The summed E-state index contributed by atoms with van der Waals surface area (Å²) in [6.45, 7) is 6.16. The first-order chi connectivity index (χ1) is 9.58. The first-order valence-corrected chi connectivity index (χ1v) is 6.87. The van der Waals surface area contributed by atoms with E-state index in [1.165, 1.54) is 16.3 Å². The zero-order valence-corrected chi connectivity index (χ0v) is 12.1. The molecule has 1 heteroatoms. The standard InChI is InChI=1S/C19H18O/c1-12-10-14(3)19(17(20)11-12)18-13(2)8-9-15-6-4-5-7-16(15)18/h4-11,20H,1-3H3. The fourth-order valence-electron chi connectivity index (χ4n) is 2.98. The first-order valence-electron chi connectivity index (χ1n) is 6.87. The molecule has 0 aromatic heterocycles. The van der Waals surface area contributed by atoms with Crippen molar-refractivity contribution in [3.63, 3.8) is 0 Å². The van der Waals surface area contributed by atoms with Crippen molar-refractivity contribution in [2.45, 2.75) is 20.8 Å². The Labute approximate surface area is 119 Å². The molecule has 1 nitrogen and oxygen atoms in total. The van der Waals surface area contributed by atoms with Crippen molar-refractivity contribution >= 4 is 10.8 Å². The Hall–Kier alpha value is -2.28. The topological polar surface area (TPSA) is 20.2 Å². The largest absolute Gasteiger partial charge is 0.507 e. The van der Waals surface area contributed by atoms with E-state index < -0.39 is 0 Å². The summed E-state index contributed by atoms with van der Waals surface area (Å²) in [6.07, 6.45) is 0. The third-order valence-electron chi connectivity index (χ3n) is 3.85. The maximum Gasteiger partial charge on any atom is 0.123 e. The van der Waals surface area contributed by atoms with Crippen LogP contribution in [0.3, 0.4) is 0 Å². The van der Waals surface area contributed by atoms with Crippen LogP contribution < -0.4 is 0 Å². The fraction of sp³-hybridized carbons (Fsp3) is 0.158. The average molecular weight is 262 g/mol. The van der Waals surface area contributed by atoms with Gasteiger partial charge in [-0.3, -0.25) is 0 Å². The smallest absolute Gasteiger partial charge is 0.123 e. The van der Waals surface area contributed by atoms with Gasteiger partial charge in [0.2, 0.25) is 0 Å². The highest BCUT2D eigenvalue weighted by molar-refractivity contribution is 6.00. The normalized spacial score (nSPS) is 10.9. The molecule has 0 saturated carbocycles. The molecule has 0 bridgehead atoms. The second-order valence-corrected chi connectivity index (χ2v) is 5.45. The molecule has 1 N–H and O–H groups in total. The minimum atomic E-state index is 0.363. The summed E-state index contributed by atoms with van der Waals surface area (Å²) in [5.74, 6) is 0.363. The van der Waals surface area contributed by atoms with Crippen LogP contribution in [0.15, 0.2) is 48.5 Å². The van der Waals surface area contributed by atoms with Crippen molar-refractivity contribution in [3.05, 3.63) is 65.2 Å². The zero-order valence-electron chi connectivity index (χ0n) is 12.1. The fourth-order valence-corrected chi connectivity index (χ4v) is 2.98. The summed E-state index contributed by atoms with van der Waals surface area (Å²) in [5, 5.41) is 12.8. The monoisotopic (exact) mass is 262 g/mol. The molecule has 3 aromatic carbocycles. The number of fused-ring (bicyclic) bond motifs is 1.